The second-order valence-corrected chi connectivity index (χ2v) is 4.06. The lowest BCUT2D eigenvalue weighted by Gasteiger charge is -1.98. The first-order valence-electron chi connectivity index (χ1n) is 5.86. The molecule has 92 valence electrons. The van der Waals surface area contributed by atoms with Crippen molar-refractivity contribution in [3.05, 3.63) is 24.0 Å². The minimum absolute atomic E-state index is 0.674. The van der Waals surface area contributed by atoms with E-state index in [0.717, 1.165) is 35.9 Å². The maximum absolute atomic E-state index is 5.68. The summed E-state index contributed by atoms with van der Waals surface area (Å²) < 4.78 is 7.51. The van der Waals surface area contributed by atoms with E-state index in [1.54, 1.807) is 12.4 Å². The Morgan fingerprint density at radius 1 is 1.41 bits per heavy atom. The zero-order valence-electron chi connectivity index (χ0n) is 10.5. The molecule has 0 saturated heterocycles. The fourth-order valence-corrected chi connectivity index (χ4v) is 1.63. The van der Waals surface area contributed by atoms with Gasteiger partial charge in [-0.2, -0.15) is 5.10 Å². The van der Waals surface area contributed by atoms with Crippen molar-refractivity contribution >= 4 is 0 Å². The van der Waals surface area contributed by atoms with Crippen molar-refractivity contribution in [1.82, 2.24) is 20.1 Å². The molecule has 5 heteroatoms. The molecule has 2 aromatic rings. The minimum Gasteiger partial charge on any atom is -0.439 e. The van der Waals surface area contributed by atoms with Crippen LogP contribution in [0.2, 0.25) is 0 Å². The summed E-state index contributed by atoms with van der Waals surface area (Å²) in [6, 6.07) is 0. The summed E-state index contributed by atoms with van der Waals surface area (Å²) in [6.45, 7) is 5.80. The van der Waals surface area contributed by atoms with Crippen LogP contribution in [0.15, 0.2) is 16.8 Å². The molecule has 0 atom stereocenters. The molecule has 0 amide bonds. The summed E-state index contributed by atoms with van der Waals surface area (Å²) in [5.74, 6) is 1.50. The third-order valence-corrected chi connectivity index (χ3v) is 2.76. The van der Waals surface area contributed by atoms with Crippen molar-refractivity contribution < 1.29 is 4.42 Å². The highest BCUT2D eigenvalue weighted by Crippen LogP contribution is 2.23. The van der Waals surface area contributed by atoms with Crippen LogP contribution in [0.1, 0.15) is 24.9 Å². The number of nitrogens with zero attached hydrogens (tertiary/aromatic N) is 3. The maximum Gasteiger partial charge on any atom is 0.208 e. The SMILES string of the molecule is CCCNCc1ncc(-c2cnn(C)c2C)o1. The zero-order valence-corrected chi connectivity index (χ0v) is 10.5. The summed E-state index contributed by atoms with van der Waals surface area (Å²) in [5.41, 5.74) is 2.08. The lowest BCUT2D eigenvalue weighted by molar-refractivity contribution is 0.477. The van der Waals surface area contributed by atoms with Gasteiger partial charge in [-0.3, -0.25) is 4.68 Å². The molecule has 0 radical (unpaired) electrons. The Morgan fingerprint density at radius 2 is 2.24 bits per heavy atom. The molecule has 0 aliphatic rings. The normalized spacial score (nSPS) is 11.0. The van der Waals surface area contributed by atoms with Gasteiger partial charge in [0.2, 0.25) is 5.89 Å². The highest BCUT2D eigenvalue weighted by molar-refractivity contribution is 5.58. The summed E-state index contributed by atoms with van der Waals surface area (Å²) in [7, 11) is 1.92. The van der Waals surface area contributed by atoms with E-state index in [4.69, 9.17) is 4.42 Å². The molecule has 2 heterocycles. The number of hydrogen-bond donors (Lipinski definition) is 1. The first kappa shape index (κ1) is 11.9. The smallest absolute Gasteiger partial charge is 0.208 e. The summed E-state index contributed by atoms with van der Waals surface area (Å²) in [6.07, 6.45) is 4.67. The Kier molecular flexibility index (Phi) is 3.58. The van der Waals surface area contributed by atoms with Crippen LogP contribution in [0, 0.1) is 6.92 Å². The van der Waals surface area contributed by atoms with E-state index in [2.05, 4.69) is 22.3 Å². The lowest BCUT2D eigenvalue weighted by Crippen LogP contribution is -2.13. The van der Waals surface area contributed by atoms with Gasteiger partial charge in [-0.25, -0.2) is 4.98 Å². The van der Waals surface area contributed by atoms with Gasteiger partial charge in [-0.1, -0.05) is 6.92 Å². The van der Waals surface area contributed by atoms with Crippen LogP contribution < -0.4 is 5.32 Å². The van der Waals surface area contributed by atoms with Gasteiger partial charge in [0.25, 0.3) is 0 Å². The molecule has 1 N–H and O–H groups in total. The van der Waals surface area contributed by atoms with E-state index in [9.17, 15) is 0 Å². The monoisotopic (exact) mass is 234 g/mol. The summed E-state index contributed by atoms with van der Waals surface area (Å²) in [5, 5.41) is 7.45. The highest BCUT2D eigenvalue weighted by atomic mass is 16.4. The molecule has 0 aromatic carbocycles. The van der Waals surface area contributed by atoms with Crippen molar-refractivity contribution in [2.45, 2.75) is 26.8 Å². The Bertz CT molecular complexity index is 486. The molecular weight excluding hydrogens is 216 g/mol. The Labute approximate surface area is 101 Å². The number of hydrogen-bond acceptors (Lipinski definition) is 4. The first-order valence-corrected chi connectivity index (χ1v) is 5.86. The van der Waals surface area contributed by atoms with Gasteiger partial charge in [-0.15, -0.1) is 0 Å². The van der Waals surface area contributed by atoms with E-state index >= 15 is 0 Å². The standard InChI is InChI=1S/C12H18N4O/c1-4-5-13-8-12-14-7-11(17-12)10-6-15-16(3)9(10)2/h6-7,13H,4-5,8H2,1-3H3. The van der Waals surface area contributed by atoms with Crippen LogP contribution in [0.4, 0.5) is 0 Å². The third kappa shape index (κ3) is 2.55. The number of oxazole rings is 1. The average molecular weight is 234 g/mol. The lowest BCUT2D eigenvalue weighted by atomic mass is 10.2. The Morgan fingerprint density at radius 3 is 2.88 bits per heavy atom. The van der Waals surface area contributed by atoms with Gasteiger partial charge in [0.05, 0.1) is 24.5 Å². The maximum atomic E-state index is 5.68. The van der Waals surface area contributed by atoms with Gasteiger partial charge >= 0.3 is 0 Å². The fraction of sp³-hybridized carbons (Fsp3) is 0.500. The van der Waals surface area contributed by atoms with Crippen molar-refractivity contribution in [2.24, 2.45) is 7.05 Å². The molecule has 0 spiro atoms. The average Bonchev–Trinajstić information content (AvgIpc) is 2.89. The molecule has 0 aliphatic heterocycles. The number of aryl methyl sites for hydroxylation is 1. The molecule has 0 bridgehead atoms. The predicted octanol–water partition coefficient (Wildman–Crippen LogP) is 1.88. The minimum atomic E-state index is 0.674. The number of nitrogens with one attached hydrogen (secondary N) is 1. The van der Waals surface area contributed by atoms with Crippen molar-refractivity contribution in [3.63, 3.8) is 0 Å². The van der Waals surface area contributed by atoms with Crippen LogP contribution in [0.3, 0.4) is 0 Å². The largest absolute Gasteiger partial charge is 0.439 e. The molecule has 5 nitrogen and oxygen atoms in total. The van der Waals surface area contributed by atoms with Gasteiger partial charge in [0, 0.05) is 12.7 Å². The van der Waals surface area contributed by atoms with E-state index in [1.165, 1.54) is 0 Å². The first-order chi connectivity index (χ1) is 8.22. The van der Waals surface area contributed by atoms with Gasteiger partial charge < -0.3 is 9.73 Å². The molecular formula is C12H18N4O. The van der Waals surface area contributed by atoms with Crippen molar-refractivity contribution in [2.75, 3.05) is 6.54 Å². The van der Waals surface area contributed by atoms with Crippen LogP contribution in [-0.2, 0) is 13.6 Å². The predicted molar refractivity (Wildman–Crippen MR) is 65.4 cm³/mol. The topological polar surface area (TPSA) is 55.9 Å². The number of rotatable bonds is 5. The van der Waals surface area contributed by atoms with Gasteiger partial charge in [-0.05, 0) is 19.9 Å². The second kappa shape index (κ2) is 5.14. The van der Waals surface area contributed by atoms with Crippen molar-refractivity contribution in [1.29, 1.82) is 0 Å². The van der Waals surface area contributed by atoms with Crippen LogP contribution in [-0.4, -0.2) is 21.3 Å². The molecule has 2 aromatic heterocycles. The summed E-state index contributed by atoms with van der Waals surface area (Å²) in [4.78, 5) is 4.25. The Balaban J connectivity index is 2.10. The van der Waals surface area contributed by atoms with E-state index in [1.807, 2.05) is 18.7 Å². The summed E-state index contributed by atoms with van der Waals surface area (Å²) >= 11 is 0. The second-order valence-electron chi connectivity index (χ2n) is 4.06. The molecule has 0 unspecified atom stereocenters. The van der Waals surface area contributed by atoms with Crippen LogP contribution >= 0.6 is 0 Å². The zero-order chi connectivity index (χ0) is 12.3. The molecule has 0 fully saturated rings. The van der Waals surface area contributed by atoms with Gasteiger partial charge in [0.15, 0.2) is 5.76 Å². The molecule has 0 saturated carbocycles. The fourth-order valence-electron chi connectivity index (χ4n) is 1.63. The van der Waals surface area contributed by atoms with E-state index < -0.39 is 0 Å². The van der Waals surface area contributed by atoms with Gasteiger partial charge in [0.1, 0.15) is 0 Å². The quantitative estimate of drug-likeness (QED) is 0.803. The van der Waals surface area contributed by atoms with Crippen LogP contribution in [0.5, 0.6) is 0 Å². The molecule has 0 aliphatic carbocycles. The van der Waals surface area contributed by atoms with E-state index in [-0.39, 0.29) is 0 Å². The Hall–Kier alpha value is -1.62. The van der Waals surface area contributed by atoms with Crippen molar-refractivity contribution in [3.8, 4) is 11.3 Å². The third-order valence-electron chi connectivity index (χ3n) is 2.76. The molecule has 2 rings (SSSR count). The van der Waals surface area contributed by atoms with Crippen LogP contribution in [0.25, 0.3) is 11.3 Å². The molecule has 17 heavy (non-hydrogen) atoms. The highest BCUT2D eigenvalue weighted by Gasteiger charge is 2.11. The van der Waals surface area contributed by atoms with E-state index in [0.29, 0.717) is 6.54 Å². The number of aromatic nitrogens is 3.